The molecule has 0 aromatic carbocycles. The summed E-state index contributed by atoms with van der Waals surface area (Å²) in [5.74, 6) is -12.7. The zero-order valence-corrected chi connectivity index (χ0v) is 7.16. The van der Waals surface area contributed by atoms with Crippen LogP contribution in [0.5, 0.6) is 0 Å². The van der Waals surface area contributed by atoms with Gasteiger partial charge in [-0.25, -0.2) is 28.8 Å². The summed E-state index contributed by atoms with van der Waals surface area (Å²) in [6.45, 7) is 0. The Morgan fingerprint density at radius 2 is 0.700 bits per heavy atom. The minimum absolute atomic E-state index is 0. The molecule has 0 aromatic rings. The van der Waals surface area contributed by atoms with Crippen molar-refractivity contribution in [1.29, 1.82) is 0 Å². The zero-order valence-electron chi connectivity index (χ0n) is 7.16. The Morgan fingerprint density at radius 3 is 0.850 bits per heavy atom. The molecule has 0 rings (SSSR count). The molecule has 0 amide bonds. The predicted molar refractivity (Wildman–Crippen MR) is 66.1 cm³/mol. The Labute approximate surface area is 159 Å². The van der Waals surface area contributed by atoms with Gasteiger partial charge in [-0.3, -0.25) is 0 Å². The molecule has 0 spiro atoms. The van der Waals surface area contributed by atoms with E-state index in [-0.39, 0.29) is 75.4 Å². The van der Waals surface area contributed by atoms with E-state index in [1.165, 1.54) is 0 Å². The van der Waals surface area contributed by atoms with Crippen LogP contribution in [0.25, 0.3) is 0 Å². The van der Waals surface area contributed by atoms with Crippen molar-refractivity contribution < 1.29 is 48.5 Å². The molecule has 14 heteroatoms. The fourth-order valence-corrected chi connectivity index (χ4v) is 0.339. The first-order chi connectivity index (χ1) is 7.25. The Balaban J connectivity index is -0.000000187. The third-order valence-corrected chi connectivity index (χ3v) is 0.887. The molecule has 0 aromatic heterocycles. The van der Waals surface area contributed by atoms with Crippen molar-refractivity contribution in [3.8, 4) is 0 Å². The number of carboxylic acid groups (broad SMARTS) is 2. The van der Waals surface area contributed by atoms with Gasteiger partial charge in [0, 0.05) is 0 Å². The Hall–Kier alpha value is -0.390. The summed E-state index contributed by atoms with van der Waals surface area (Å²) in [6, 6.07) is 0. The summed E-state index contributed by atoms with van der Waals surface area (Å²) < 4.78 is 6.71. The molecule has 0 aliphatic carbocycles. The first-order valence-electron chi connectivity index (χ1n) is 3.24. The zero-order chi connectivity index (χ0) is 12.9. The molecule has 0 atom stereocenters. The van der Waals surface area contributed by atoms with Crippen LogP contribution in [0.3, 0.4) is 0 Å². The van der Waals surface area contributed by atoms with Crippen LogP contribution in [0.15, 0.2) is 0 Å². The molecule has 0 saturated heterocycles. The van der Waals surface area contributed by atoms with E-state index in [2.05, 4.69) is 9.47 Å². The molecule has 2 N–H and O–H groups in total. The molecule has 0 radical (unpaired) electrons. The van der Waals surface area contributed by atoms with Crippen molar-refractivity contribution in [1.82, 2.24) is 0 Å². The van der Waals surface area contributed by atoms with Crippen LogP contribution in [-0.2, 0) is 38.2 Å². The van der Waals surface area contributed by atoms with Crippen LogP contribution in [0.4, 0.5) is 0 Å². The maximum atomic E-state index is 10.5. The quantitative estimate of drug-likeness (QED) is 0.187. The average Bonchev–Trinajstić information content (AvgIpc) is 2.16. The fraction of sp³-hybridized carbons (Fsp3) is 0. The summed E-state index contributed by atoms with van der Waals surface area (Å²) in [7, 11) is 0. The van der Waals surface area contributed by atoms with E-state index in [1.54, 1.807) is 0 Å². The molecule has 0 aliphatic rings. The maximum absolute atomic E-state index is 10.5. The van der Waals surface area contributed by atoms with E-state index < -0.39 is 35.8 Å². The number of aliphatic carboxylic acids is 2. The van der Waals surface area contributed by atoms with Crippen molar-refractivity contribution in [2.45, 2.75) is 0 Å². The molecule has 0 fully saturated rings. The number of carbonyl (C=O) groups is 6. The summed E-state index contributed by atoms with van der Waals surface area (Å²) in [5.41, 5.74) is 0. The Bertz CT molecular complexity index is 367. The summed E-state index contributed by atoms with van der Waals surface area (Å²) >= 11 is 0. The predicted octanol–water partition coefficient (Wildman–Crippen LogP) is -5.30. The second-order valence-electron chi connectivity index (χ2n) is 1.96. The molecule has 0 bridgehead atoms. The minimum atomic E-state index is -2.16. The number of carboxylic acids is 2. The standard InChI is InChI=1S/C6H2O10.4Li.4H/c7-1(8)3(11)15-5(13)6(14)16-4(12)2(9)10;;;;;;;;/h(H,7,8)(H,9,10);;;;;;;;. The summed E-state index contributed by atoms with van der Waals surface area (Å²) in [5, 5.41) is 15.9. The number of esters is 4. The van der Waals surface area contributed by atoms with Crippen molar-refractivity contribution in [2.24, 2.45) is 0 Å². The van der Waals surface area contributed by atoms with E-state index in [4.69, 9.17) is 10.2 Å². The molecule has 94 valence electrons. The van der Waals surface area contributed by atoms with Crippen LogP contribution in [0.2, 0.25) is 0 Å². The van der Waals surface area contributed by atoms with E-state index in [0.29, 0.717) is 0 Å². The normalized spacial score (nSPS) is 7.00. The van der Waals surface area contributed by atoms with Gasteiger partial charge in [0.05, 0.1) is 0 Å². The van der Waals surface area contributed by atoms with Gasteiger partial charge < -0.3 is 19.7 Å². The monoisotopic (exact) mass is 266 g/mol. The number of rotatable bonds is 0. The molecule has 20 heavy (non-hydrogen) atoms. The van der Waals surface area contributed by atoms with Crippen molar-refractivity contribution >= 4 is 111 Å². The van der Waals surface area contributed by atoms with E-state index >= 15 is 0 Å². The number of carbonyl (C=O) groups excluding carboxylic acids is 4. The molecule has 10 nitrogen and oxygen atoms in total. The van der Waals surface area contributed by atoms with Crippen LogP contribution in [0.1, 0.15) is 0 Å². The third-order valence-electron chi connectivity index (χ3n) is 0.887. The van der Waals surface area contributed by atoms with E-state index in [9.17, 15) is 28.8 Å². The van der Waals surface area contributed by atoms with E-state index in [0.717, 1.165) is 0 Å². The average molecular weight is 266 g/mol. The van der Waals surface area contributed by atoms with Gasteiger partial charge in [-0.1, -0.05) is 0 Å². The molecule has 0 heterocycles. The van der Waals surface area contributed by atoms with Crippen LogP contribution >= 0.6 is 0 Å². The topological polar surface area (TPSA) is 161 Å². The van der Waals surface area contributed by atoms with Gasteiger partial charge in [0.25, 0.3) is 0 Å². The number of hydrogen-bond acceptors (Lipinski definition) is 8. The first-order valence-corrected chi connectivity index (χ1v) is 3.24. The van der Waals surface area contributed by atoms with Gasteiger partial charge in [0.1, 0.15) is 0 Å². The fourth-order valence-electron chi connectivity index (χ4n) is 0.339. The van der Waals surface area contributed by atoms with Crippen LogP contribution in [0, 0.1) is 0 Å². The van der Waals surface area contributed by atoms with Gasteiger partial charge in [-0.2, -0.15) is 0 Å². The van der Waals surface area contributed by atoms with Crippen LogP contribution < -0.4 is 0 Å². The molecular weight excluding hydrogens is 260 g/mol. The second kappa shape index (κ2) is 15.0. The number of ether oxygens (including phenoxy) is 2. The van der Waals surface area contributed by atoms with Gasteiger partial charge in [0.2, 0.25) is 0 Å². The number of hydrogen-bond donors (Lipinski definition) is 2. The molecule has 0 saturated carbocycles. The molecule has 0 aliphatic heterocycles. The SMILES string of the molecule is O=C(O)C(=O)OC(=O)C(=O)OC(=O)C(=O)O.[LiH].[LiH].[LiH].[LiH]. The van der Waals surface area contributed by atoms with Crippen LogP contribution in [-0.4, -0.2) is 121 Å². The van der Waals surface area contributed by atoms with Crippen molar-refractivity contribution in [3.05, 3.63) is 0 Å². The summed E-state index contributed by atoms with van der Waals surface area (Å²) in [4.78, 5) is 61.1. The Morgan fingerprint density at radius 1 is 0.500 bits per heavy atom. The van der Waals surface area contributed by atoms with Gasteiger partial charge in [0.15, 0.2) is 0 Å². The molecule has 0 unspecified atom stereocenters. The third kappa shape index (κ3) is 12.6. The van der Waals surface area contributed by atoms with Crippen molar-refractivity contribution in [2.75, 3.05) is 0 Å². The van der Waals surface area contributed by atoms with Gasteiger partial charge in [-0.05, 0) is 0 Å². The van der Waals surface area contributed by atoms with E-state index in [1.807, 2.05) is 0 Å². The second-order valence-corrected chi connectivity index (χ2v) is 1.96. The summed E-state index contributed by atoms with van der Waals surface area (Å²) in [6.07, 6.45) is 0. The Kier molecular flexibility index (Phi) is 23.9. The van der Waals surface area contributed by atoms with Gasteiger partial charge >= 0.3 is 111 Å². The first kappa shape index (κ1) is 31.8. The van der Waals surface area contributed by atoms with Gasteiger partial charge in [-0.15, -0.1) is 0 Å². The molecular formula is C6H6Li4O10. The van der Waals surface area contributed by atoms with Crippen molar-refractivity contribution in [3.63, 3.8) is 0 Å².